The number of aryl methyl sites for hydroxylation is 2. The number of nitrogens with one attached hydrogen (secondary N) is 2. The van der Waals surface area contributed by atoms with E-state index in [2.05, 4.69) is 10.6 Å². The number of phenols is 1. The van der Waals surface area contributed by atoms with E-state index in [1.54, 1.807) is 12.1 Å². The minimum absolute atomic E-state index is 0.0381. The van der Waals surface area contributed by atoms with Gasteiger partial charge in [0.25, 0.3) is 0 Å². The normalized spacial score (nSPS) is 14.6. The molecule has 4 nitrogen and oxygen atoms in total. The Morgan fingerprint density at radius 2 is 2.06 bits per heavy atom. The predicted octanol–water partition coefficient (Wildman–Crippen LogP) is 1.95. The summed E-state index contributed by atoms with van der Waals surface area (Å²) >= 11 is 0. The van der Waals surface area contributed by atoms with Crippen LogP contribution in [0.4, 0.5) is 5.69 Å². The molecule has 1 aliphatic carbocycles. The molecule has 1 aliphatic rings. The van der Waals surface area contributed by atoms with Crippen LogP contribution in [-0.2, 0) is 4.79 Å². The minimum Gasteiger partial charge on any atom is -0.508 e. The van der Waals surface area contributed by atoms with Crippen LogP contribution in [0.3, 0.4) is 0 Å². The van der Waals surface area contributed by atoms with Gasteiger partial charge in [-0.2, -0.15) is 0 Å². The van der Waals surface area contributed by atoms with Crippen LogP contribution in [0.5, 0.6) is 5.75 Å². The van der Waals surface area contributed by atoms with Gasteiger partial charge in [0.1, 0.15) is 5.75 Å². The molecule has 98 valence electrons. The lowest BCUT2D eigenvalue weighted by atomic mass is 10.1. The molecule has 0 aromatic heterocycles. The molecular weight excluding hydrogens is 228 g/mol. The summed E-state index contributed by atoms with van der Waals surface area (Å²) in [4.78, 5) is 11.7. The molecule has 4 heteroatoms. The third-order valence-electron chi connectivity index (χ3n) is 3.23. The molecule has 18 heavy (non-hydrogen) atoms. The summed E-state index contributed by atoms with van der Waals surface area (Å²) in [6.45, 7) is 4.96. The van der Waals surface area contributed by atoms with E-state index in [1.165, 1.54) is 12.8 Å². The second-order valence-electron chi connectivity index (χ2n) is 5.08. The number of hydrogen-bond acceptors (Lipinski definition) is 3. The lowest BCUT2D eigenvalue weighted by molar-refractivity contribution is -0.115. The van der Waals surface area contributed by atoms with Crippen molar-refractivity contribution < 1.29 is 9.90 Å². The van der Waals surface area contributed by atoms with Gasteiger partial charge in [-0.05, 0) is 62.4 Å². The first-order chi connectivity index (χ1) is 8.56. The summed E-state index contributed by atoms with van der Waals surface area (Å²) in [7, 11) is 0. The number of phenolic OH excluding ortho intramolecular Hbond substituents is 1. The average molecular weight is 248 g/mol. The Kier molecular flexibility index (Phi) is 3.87. The number of carbonyl (C=O) groups excluding carboxylic acids is 1. The van der Waals surface area contributed by atoms with E-state index in [0.29, 0.717) is 6.54 Å². The van der Waals surface area contributed by atoms with E-state index in [1.807, 2.05) is 13.8 Å². The second kappa shape index (κ2) is 5.40. The van der Waals surface area contributed by atoms with E-state index >= 15 is 0 Å². The van der Waals surface area contributed by atoms with Gasteiger partial charge in [0, 0.05) is 5.69 Å². The Morgan fingerprint density at radius 1 is 1.33 bits per heavy atom. The van der Waals surface area contributed by atoms with Gasteiger partial charge in [0.2, 0.25) is 5.91 Å². The standard InChI is InChI=1S/C14H20N2O2/c1-9-6-13(17)10(2)5-12(9)16-14(18)8-15-7-11-3-4-11/h5-6,11,15,17H,3-4,7-8H2,1-2H3,(H,16,18). The molecule has 0 bridgehead atoms. The van der Waals surface area contributed by atoms with E-state index in [-0.39, 0.29) is 11.7 Å². The van der Waals surface area contributed by atoms with Crippen LogP contribution < -0.4 is 10.6 Å². The molecule has 0 spiro atoms. The van der Waals surface area contributed by atoms with E-state index in [4.69, 9.17) is 0 Å². The summed E-state index contributed by atoms with van der Waals surface area (Å²) < 4.78 is 0. The van der Waals surface area contributed by atoms with Crippen molar-refractivity contribution in [3.63, 3.8) is 0 Å². The fourth-order valence-electron chi connectivity index (χ4n) is 1.84. The van der Waals surface area contributed by atoms with Crippen molar-refractivity contribution in [3.8, 4) is 5.75 Å². The molecule has 3 N–H and O–H groups in total. The summed E-state index contributed by atoms with van der Waals surface area (Å²) in [6.07, 6.45) is 2.57. The first-order valence-corrected chi connectivity index (χ1v) is 6.37. The van der Waals surface area contributed by atoms with Crippen LogP contribution >= 0.6 is 0 Å². The molecule has 0 aliphatic heterocycles. The Balaban J connectivity index is 1.87. The van der Waals surface area contributed by atoms with Crippen molar-refractivity contribution in [2.75, 3.05) is 18.4 Å². The molecule has 1 aromatic carbocycles. The molecular formula is C14H20N2O2. The molecule has 0 unspecified atom stereocenters. The lowest BCUT2D eigenvalue weighted by Gasteiger charge is -2.11. The predicted molar refractivity (Wildman–Crippen MR) is 71.8 cm³/mol. The van der Waals surface area contributed by atoms with Gasteiger partial charge < -0.3 is 15.7 Å². The molecule has 0 heterocycles. The number of rotatable bonds is 5. The molecule has 0 atom stereocenters. The van der Waals surface area contributed by atoms with Crippen LogP contribution in [0.2, 0.25) is 0 Å². The van der Waals surface area contributed by atoms with Gasteiger partial charge in [-0.3, -0.25) is 4.79 Å². The number of carbonyl (C=O) groups is 1. The smallest absolute Gasteiger partial charge is 0.238 e. The molecule has 0 radical (unpaired) electrons. The van der Waals surface area contributed by atoms with E-state index in [9.17, 15) is 9.90 Å². The van der Waals surface area contributed by atoms with E-state index in [0.717, 1.165) is 29.3 Å². The molecule has 1 aromatic rings. The number of benzene rings is 1. The topological polar surface area (TPSA) is 61.4 Å². The minimum atomic E-state index is -0.0381. The summed E-state index contributed by atoms with van der Waals surface area (Å²) in [5.41, 5.74) is 2.40. The van der Waals surface area contributed by atoms with Gasteiger partial charge in [0.05, 0.1) is 6.54 Å². The van der Waals surface area contributed by atoms with Crippen LogP contribution in [0.1, 0.15) is 24.0 Å². The highest BCUT2D eigenvalue weighted by molar-refractivity contribution is 5.93. The van der Waals surface area contributed by atoms with Crippen molar-refractivity contribution in [1.29, 1.82) is 0 Å². The Hall–Kier alpha value is -1.55. The first-order valence-electron chi connectivity index (χ1n) is 6.37. The van der Waals surface area contributed by atoms with Crippen molar-refractivity contribution in [3.05, 3.63) is 23.3 Å². The molecule has 2 rings (SSSR count). The van der Waals surface area contributed by atoms with E-state index < -0.39 is 0 Å². The van der Waals surface area contributed by atoms with Crippen molar-refractivity contribution in [1.82, 2.24) is 5.32 Å². The molecule has 1 amide bonds. The molecule has 0 saturated heterocycles. The lowest BCUT2D eigenvalue weighted by Crippen LogP contribution is -2.29. The molecule has 1 saturated carbocycles. The first kappa shape index (κ1) is 12.9. The highest BCUT2D eigenvalue weighted by Gasteiger charge is 2.20. The third kappa shape index (κ3) is 3.47. The Bertz CT molecular complexity index is 453. The van der Waals surface area contributed by atoms with Gasteiger partial charge in [-0.25, -0.2) is 0 Å². The Labute approximate surface area is 107 Å². The second-order valence-corrected chi connectivity index (χ2v) is 5.08. The highest BCUT2D eigenvalue weighted by Crippen LogP contribution is 2.27. The number of hydrogen-bond donors (Lipinski definition) is 3. The highest BCUT2D eigenvalue weighted by atomic mass is 16.3. The zero-order chi connectivity index (χ0) is 13.1. The van der Waals surface area contributed by atoms with Gasteiger partial charge in [-0.15, -0.1) is 0 Å². The SMILES string of the molecule is Cc1cc(NC(=O)CNCC2CC2)c(C)cc1O. The quantitative estimate of drug-likeness (QED) is 0.698. The monoisotopic (exact) mass is 248 g/mol. The summed E-state index contributed by atoms with van der Waals surface area (Å²) in [5, 5.41) is 15.6. The van der Waals surface area contributed by atoms with Crippen LogP contribution in [0.25, 0.3) is 0 Å². The van der Waals surface area contributed by atoms with Crippen LogP contribution in [0, 0.1) is 19.8 Å². The zero-order valence-corrected chi connectivity index (χ0v) is 10.9. The van der Waals surface area contributed by atoms with Gasteiger partial charge >= 0.3 is 0 Å². The van der Waals surface area contributed by atoms with Crippen LogP contribution in [0.15, 0.2) is 12.1 Å². The van der Waals surface area contributed by atoms with Gasteiger partial charge in [0.15, 0.2) is 0 Å². The number of anilines is 1. The average Bonchev–Trinajstić information content (AvgIpc) is 3.10. The van der Waals surface area contributed by atoms with Crippen molar-refractivity contribution in [2.24, 2.45) is 5.92 Å². The van der Waals surface area contributed by atoms with Crippen LogP contribution in [-0.4, -0.2) is 24.1 Å². The fourth-order valence-corrected chi connectivity index (χ4v) is 1.84. The fraction of sp³-hybridized carbons (Fsp3) is 0.500. The maximum atomic E-state index is 11.7. The largest absolute Gasteiger partial charge is 0.508 e. The number of aromatic hydroxyl groups is 1. The van der Waals surface area contributed by atoms with Crippen molar-refractivity contribution in [2.45, 2.75) is 26.7 Å². The molecule has 1 fully saturated rings. The maximum absolute atomic E-state index is 11.7. The zero-order valence-electron chi connectivity index (χ0n) is 10.9. The van der Waals surface area contributed by atoms with Crippen molar-refractivity contribution >= 4 is 11.6 Å². The van der Waals surface area contributed by atoms with Gasteiger partial charge in [-0.1, -0.05) is 0 Å². The summed E-state index contributed by atoms with van der Waals surface area (Å²) in [5.74, 6) is 0.997. The number of amides is 1. The maximum Gasteiger partial charge on any atom is 0.238 e. The summed E-state index contributed by atoms with van der Waals surface area (Å²) in [6, 6.07) is 3.46. The Morgan fingerprint density at radius 3 is 2.72 bits per heavy atom. The third-order valence-corrected chi connectivity index (χ3v) is 3.23.